The van der Waals surface area contributed by atoms with Gasteiger partial charge in [0.25, 0.3) is 0 Å². The third kappa shape index (κ3) is 11.5. The van der Waals surface area contributed by atoms with Crippen molar-refractivity contribution in [3.8, 4) is 0 Å². The molecule has 0 saturated heterocycles. The minimum atomic E-state index is -0.470. The van der Waals surface area contributed by atoms with Crippen LogP contribution in [0.15, 0.2) is 42.5 Å². The molecular weight excluding hydrogens is 310 g/mol. The van der Waals surface area contributed by atoms with Gasteiger partial charge in [-0.25, -0.2) is 4.98 Å². The van der Waals surface area contributed by atoms with E-state index in [0.717, 1.165) is 37.1 Å². The monoisotopic (exact) mass is 343 g/mol. The molecule has 0 spiro atoms. The summed E-state index contributed by atoms with van der Waals surface area (Å²) < 4.78 is 0. The van der Waals surface area contributed by atoms with Gasteiger partial charge >= 0.3 is 0 Å². The lowest BCUT2D eigenvalue weighted by atomic mass is 10.1. The molecule has 25 heavy (non-hydrogen) atoms. The standard InChI is InChI=1S/C22H33NO2/c1-2-3-4-5-6-10-16-22(25)18-17-21-15-12-14-20(23-21)13-9-7-8-11-19-24/h6,9-10,12-15,17-18,22,24-25H,2-5,7-8,11,16,19H2,1H3/b10-6-,13-9-,18-17+/t22-/m0/s1. The highest BCUT2D eigenvalue weighted by Crippen LogP contribution is 2.07. The second kappa shape index (κ2) is 14.6. The second-order valence-electron chi connectivity index (χ2n) is 6.24. The molecule has 0 unspecified atom stereocenters. The summed E-state index contributed by atoms with van der Waals surface area (Å²) in [6, 6.07) is 5.88. The highest BCUT2D eigenvalue weighted by atomic mass is 16.3. The lowest BCUT2D eigenvalue weighted by Gasteiger charge is -2.01. The fourth-order valence-corrected chi connectivity index (χ4v) is 2.39. The molecule has 0 radical (unpaired) electrons. The van der Waals surface area contributed by atoms with E-state index in [0.29, 0.717) is 6.42 Å². The third-order valence-electron chi connectivity index (χ3n) is 3.87. The van der Waals surface area contributed by atoms with Crippen LogP contribution in [0.5, 0.6) is 0 Å². The molecule has 0 aliphatic heterocycles. The number of rotatable bonds is 13. The summed E-state index contributed by atoms with van der Waals surface area (Å²) in [5.74, 6) is 0. The molecule has 3 nitrogen and oxygen atoms in total. The van der Waals surface area contributed by atoms with E-state index in [-0.39, 0.29) is 6.61 Å². The van der Waals surface area contributed by atoms with Gasteiger partial charge < -0.3 is 10.2 Å². The molecule has 0 saturated carbocycles. The van der Waals surface area contributed by atoms with Crippen LogP contribution in [-0.2, 0) is 0 Å². The van der Waals surface area contributed by atoms with Crippen LogP contribution in [0.3, 0.4) is 0 Å². The Hall–Kier alpha value is -1.71. The molecule has 1 aromatic heterocycles. The Kier molecular flexibility index (Phi) is 12.5. The van der Waals surface area contributed by atoms with Gasteiger partial charge in [-0.2, -0.15) is 0 Å². The quantitative estimate of drug-likeness (QED) is 0.384. The molecule has 138 valence electrons. The first-order valence-electron chi connectivity index (χ1n) is 9.52. The fraction of sp³-hybridized carbons (Fsp3) is 0.500. The Labute approximate surface area is 152 Å². The summed E-state index contributed by atoms with van der Waals surface area (Å²) in [6.45, 7) is 2.46. The van der Waals surface area contributed by atoms with Crippen molar-refractivity contribution in [2.45, 2.75) is 64.4 Å². The van der Waals surface area contributed by atoms with E-state index in [4.69, 9.17) is 5.11 Å². The zero-order chi connectivity index (χ0) is 18.2. The number of hydrogen-bond acceptors (Lipinski definition) is 3. The first-order chi connectivity index (χ1) is 12.3. The lowest BCUT2D eigenvalue weighted by molar-refractivity contribution is 0.227. The number of aromatic nitrogens is 1. The molecule has 1 atom stereocenters. The zero-order valence-corrected chi connectivity index (χ0v) is 15.5. The third-order valence-corrected chi connectivity index (χ3v) is 3.87. The van der Waals surface area contributed by atoms with Gasteiger partial charge in [0.1, 0.15) is 0 Å². The molecule has 0 aliphatic carbocycles. The summed E-state index contributed by atoms with van der Waals surface area (Å²) in [7, 11) is 0. The summed E-state index contributed by atoms with van der Waals surface area (Å²) in [5, 5.41) is 18.8. The smallest absolute Gasteiger partial charge is 0.0759 e. The topological polar surface area (TPSA) is 53.4 Å². The van der Waals surface area contributed by atoms with Gasteiger partial charge in [0.05, 0.1) is 17.5 Å². The van der Waals surface area contributed by atoms with E-state index in [1.165, 1.54) is 19.3 Å². The number of allylic oxidation sites excluding steroid dienone is 2. The van der Waals surface area contributed by atoms with Crippen molar-refractivity contribution in [1.29, 1.82) is 0 Å². The molecule has 0 fully saturated rings. The predicted molar refractivity (Wildman–Crippen MR) is 107 cm³/mol. The number of pyridine rings is 1. The normalized spacial score (nSPS) is 13.4. The summed E-state index contributed by atoms with van der Waals surface area (Å²) in [5.41, 5.74) is 1.76. The Morgan fingerprint density at radius 2 is 1.68 bits per heavy atom. The number of hydrogen-bond donors (Lipinski definition) is 2. The van der Waals surface area contributed by atoms with Crippen molar-refractivity contribution in [2.75, 3.05) is 6.61 Å². The van der Waals surface area contributed by atoms with Crippen LogP contribution in [-0.4, -0.2) is 27.9 Å². The Morgan fingerprint density at radius 3 is 2.44 bits per heavy atom. The second-order valence-corrected chi connectivity index (χ2v) is 6.24. The molecule has 0 aliphatic rings. The van der Waals surface area contributed by atoms with Gasteiger partial charge in [-0.05, 0) is 62.8 Å². The number of aliphatic hydroxyl groups excluding tert-OH is 2. The Bertz CT molecular complexity index is 535. The van der Waals surface area contributed by atoms with Crippen molar-refractivity contribution in [1.82, 2.24) is 4.98 Å². The van der Waals surface area contributed by atoms with Crippen LogP contribution in [0.2, 0.25) is 0 Å². The zero-order valence-electron chi connectivity index (χ0n) is 15.5. The minimum absolute atomic E-state index is 0.253. The van der Waals surface area contributed by atoms with Crippen LogP contribution in [0, 0.1) is 0 Å². The maximum atomic E-state index is 10.0. The van der Waals surface area contributed by atoms with Gasteiger partial charge in [-0.1, -0.05) is 50.1 Å². The van der Waals surface area contributed by atoms with Crippen molar-refractivity contribution in [3.05, 3.63) is 53.9 Å². The molecule has 0 amide bonds. The molecule has 1 rings (SSSR count). The summed E-state index contributed by atoms with van der Waals surface area (Å²) >= 11 is 0. The van der Waals surface area contributed by atoms with Gasteiger partial charge in [-0.15, -0.1) is 0 Å². The summed E-state index contributed by atoms with van der Waals surface area (Å²) in [6.07, 6.45) is 19.8. The van der Waals surface area contributed by atoms with Gasteiger partial charge in [0.2, 0.25) is 0 Å². The molecule has 3 heteroatoms. The van der Waals surface area contributed by atoms with E-state index in [9.17, 15) is 5.11 Å². The fourth-order valence-electron chi connectivity index (χ4n) is 2.39. The summed E-state index contributed by atoms with van der Waals surface area (Å²) in [4.78, 5) is 4.54. The van der Waals surface area contributed by atoms with E-state index in [1.807, 2.05) is 30.4 Å². The van der Waals surface area contributed by atoms with Crippen molar-refractivity contribution < 1.29 is 10.2 Å². The first-order valence-corrected chi connectivity index (χ1v) is 9.52. The number of unbranched alkanes of at least 4 members (excludes halogenated alkanes) is 5. The molecule has 1 aromatic rings. The van der Waals surface area contributed by atoms with E-state index in [2.05, 4.69) is 30.1 Å². The van der Waals surface area contributed by atoms with Gasteiger partial charge in [-0.3, -0.25) is 0 Å². The van der Waals surface area contributed by atoms with Crippen LogP contribution < -0.4 is 0 Å². The van der Waals surface area contributed by atoms with Crippen LogP contribution in [0.25, 0.3) is 12.2 Å². The van der Waals surface area contributed by atoms with Gasteiger partial charge in [0.15, 0.2) is 0 Å². The predicted octanol–water partition coefficient (Wildman–Crippen LogP) is 5.16. The molecule has 1 heterocycles. The highest BCUT2D eigenvalue weighted by Gasteiger charge is 1.97. The van der Waals surface area contributed by atoms with Crippen LogP contribution >= 0.6 is 0 Å². The van der Waals surface area contributed by atoms with E-state index in [1.54, 1.807) is 6.08 Å². The molecule has 0 bridgehead atoms. The van der Waals surface area contributed by atoms with Crippen molar-refractivity contribution in [2.24, 2.45) is 0 Å². The number of nitrogens with zero attached hydrogens (tertiary/aromatic N) is 1. The molecular formula is C22H33NO2. The van der Waals surface area contributed by atoms with Crippen molar-refractivity contribution >= 4 is 12.2 Å². The molecule has 2 N–H and O–H groups in total. The van der Waals surface area contributed by atoms with Crippen LogP contribution in [0.4, 0.5) is 0 Å². The van der Waals surface area contributed by atoms with Crippen molar-refractivity contribution in [3.63, 3.8) is 0 Å². The average Bonchev–Trinajstić information content (AvgIpc) is 2.63. The lowest BCUT2D eigenvalue weighted by Crippen LogP contribution is -1.99. The van der Waals surface area contributed by atoms with Crippen LogP contribution in [0.1, 0.15) is 69.7 Å². The highest BCUT2D eigenvalue weighted by molar-refractivity contribution is 5.51. The van der Waals surface area contributed by atoms with E-state index >= 15 is 0 Å². The maximum Gasteiger partial charge on any atom is 0.0759 e. The van der Waals surface area contributed by atoms with Gasteiger partial charge in [0, 0.05) is 6.61 Å². The average molecular weight is 344 g/mol. The Balaban J connectivity index is 2.39. The maximum absolute atomic E-state index is 10.0. The SMILES string of the molecule is CCCCC/C=C\C[C@H](O)/C=C/c1cccc(/C=C\CCCCO)n1. The first kappa shape index (κ1) is 21.3. The van der Waals surface area contributed by atoms with E-state index < -0.39 is 6.10 Å². The number of aliphatic hydroxyl groups is 2. The largest absolute Gasteiger partial charge is 0.396 e. The minimum Gasteiger partial charge on any atom is -0.396 e. The molecule has 0 aromatic carbocycles. The Morgan fingerprint density at radius 1 is 0.960 bits per heavy atom.